The van der Waals surface area contributed by atoms with Crippen molar-refractivity contribution in [2.24, 2.45) is 0 Å². The van der Waals surface area contributed by atoms with Crippen molar-refractivity contribution in [1.29, 1.82) is 0 Å². The molecule has 2 aromatic rings. The van der Waals surface area contributed by atoms with E-state index < -0.39 is 24.3 Å². The molecular weight excluding hydrogens is 314 g/mol. The Bertz CT molecular complexity index is 850. The van der Waals surface area contributed by atoms with Crippen molar-refractivity contribution in [3.8, 4) is 0 Å². The highest BCUT2D eigenvalue weighted by Crippen LogP contribution is 2.31. The van der Waals surface area contributed by atoms with Gasteiger partial charge < -0.3 is 9.90 Å². The lowest BCUT2D eigenvalue weighted by molar-refractivity contribution is -0.305. The maximum atomic E-state index is 12.6. The molecule has 2 heterocycles. The highest BCUT2D eigenvalue weighted by Gasteiger charge is 2.34. The van der Waals surface area contributed by atoms with E-state index in [1.807, 2.05) is 19.1 Å². The first-order valence-corrected chi connectivity index (χ1v) is 7.72. The topological polar surface area (TPSA) is 77.5 Å². The lowest BCUT2D eigenvalue weighted by atomic mass is 9.93. The second-order valence-electron chi connectivity index (χ2n) is 5.12. The fraction of sp³-hybridized carbons (Fsp3) is 0.118. The van der Waals surface area contributed by atoms with Gasteiger partial charge in [0.15, 0.2) is 0 Å². The van der Waals surface area contributed by atoms with E-state index in [1.54, 1.807) is 30.3 Å². The Labute approximate surface area is 136 Å². The van der Waals surface area contributed by atoms with Crippen LogP contribution in [0.25, 0.3) is 11.6 Å². The lowest BCUT2D eigenvalue weighted by Gasteiger charge is -2.28. The van der Waals surface area contributed by atoms with E-state index in [1.165, 1.54) is 11.3 Å². The molecule has 0 fully saturated rings. The normalized spacial score (nSPS) is 15.9. The number of thiophene rings is 1. The molecule has 1 aromatic heterocycles. The van der Waals surface area contributed by atoms with Gasteiger partial charge in [0, 0.05) is 20.9 Å². The van der Waals surface area contributed by atoms with Crippen molar-refractivity contribution in [2.45, 2.75) is 6.92 Å². The number of carboxylic acids is 1. The summed E-state index contributed by atoms with van der Waals surface area (Å²) in [5.74, 6) is -2.71. The summed E-state index contributed by atoms with van der Waals surface area (Å²) in [7, 11) is 0. The number of carboxylic acid groups (broad SMARTS) is 1. The second-order valence-corrected chi connectivity index (χ2v) is 6.44. The summed E-state index contributed by atoms with van der Waals surface area (Å²) in [6.45, 7) is 1.20. The van der Waals surface area contributed by atoms with Crippen LogP contribution in [0.5, 0.6) is 0 Å². The number of carbonyl (C=O) groups excluding carboxylic acids is 3. The fourth-order valence-corrected chi connectivity index (χ4v) is 3.31. The number of rotatable bonds is 3. The summed E-state index contributed by atoms with van der Waals surface area (Å²) in [5, 5.41) is 10.9. The molecular formula is C17H12NO4S-. The van der Waals surface area contributed by atoms with E-state index in [-0.39, 0.29) is 0 Å². The van der Waals surface area contributed by atoms with Crippen LogP contribution in [-0.2, 0) is 9.59 Å². The third-order valence-electron chi connectivity index (χ3n) is 3.50. The molecule has 1 aliphatic rings. The molecule has 2 amide bonds. The summed E-state index contributed by atoms with van der Waals surface area (Å²) in [6.07, 6.45) is 1.69. The lowest BCUT2D eigenvalue weighted by Crippen LogP contribution is -2.47. The SMILES string of the molecule is Cc1ccc(/C=C2\C(=O)N(CC(=O)[O-])C(=O)c3ccccc32)s1. The predicted molar refractivity (Wildman–Crippen MR) is 84.4 cm³/mol. The third-order valence-corrected chi connectivity index (χ3v) is 4.45. The van der Waals surface area contributed by atoms with Gasteiger partial charge in [-0.2, -0.15) is 0 Å². The van der Waals surface area contributed by atoms with Gasteiger partial charge in [-0.05, 0) is 36.8 Å². The van der Waals surface area contributed by atoms with Crippen molar-refractivity contribution in [3.05, 3.63) is 57.3 Å². The van der Waals surface area contributed by atoms with Crippen LogP contribution in [0.1, 0.15) is 25.7 Å². The van der Waals surface area contributed by atoms with E-state index in [2.05, 4.69) is 0 Å². The van der Waals surface area contributed by atoms with Gasteiger partial charge in [-0.15, -0.1) is 11.3 Å². The Hall–Kier alpha value is -2.73. The maximum absolute atomic E-state index is 12.6. The molecule has 0 unspecified atom stereocenters. The van der Waals surface area contributed by atoms with Gasteiger partial charge in [0.2, 0.25) is 0 Å². The molecule has 0 saturated carbocycles. The second kappa shape index (κ2) is 5.81. The Kier molecular flexibility index (Phi) is 3.83. The number of hydrogen-bond acceptors (Lipinski definition) is 5. The Balaban J connectivity index is 2.15. The van der Waals surface area contributed by atoms with Crippen molar-refractivity contribution >= 4 is 40.8 Å². The average molecular weight is 326 g/mol. The summed E-state index contributed by atoms with van der Waals surface area (Å²) in [4.78, 5) is 38.5. The van der Waals surface area contributed by atoms with Crippen LogP contribution >= 0.6 is 11.3 Å². The smallest absolute Gasteiger partial charge is 0.261 e. The van der Waals surface area contributed by atoms with Gasteiger partial charge in [-0.1, -0.05) is 18.2 Å². The molecule has 0 atom stereocenters. The maximum Gasteiger partial charge on any atom is 0.261 e. The van der Waals surface area contributed by atoms with Gasteiger partial charge in [0.1, 0.15) is 0 Å². The molecule has 0 spiro atoms. The van der Waals surface area contributed by atoms with Gasteiger partial charge in [-0.25, -0.2) is 0 Å². The highest BCUT2D eigenvalue weighted by atomic mass is 32.1. The fourth-order valence-electron chi connectivity index (χ4n) is 2.49. The Morgan fingerprint density at radius 2 is 1.83 bits per heavy atom. The molecule has 0 saturated heterocycles. The van der Waals surface area contributed by atoms with E-state index in [9.17, 15) is 19.5 Å². The number of amides is 2. The Morgan fingerprint density at radius 1 is 1.13 bits per heavy atom. The number of imide groups is 1. The van der Waals surface area contributed by atoms with Crippen molar-refractivity contribution in [3.63, 3.8) is 0 Å². The average Bonchev–Trinajstić information content (AvgIpc) is 2.93. The number of nitrogens with zero attached hydrogens (tertiary/aromatic N) is 1. The summed E-state index contributed by atoms with van der Waals surface area (Å²) < 4.78 is 0. The van der Waals surface area contributed by atoms with E-state index in [4.69, 9.17) is 0 Å². The molecule has 6 heteroatoms. The van der Waals surface area contributed by atoms with Gasteiger partial charge in [0.25, 0.3) is 11.8 Å². The van der Waals surface area contributed by atoms with Crippen LogP contribution in [0.3, 0.4) is 0 Å². The van der Waals surface area contributed by atoms with Crippen molar-refractivity contribution in [1.82, 2.24) is 4.90 Å². The predicted octanol–water partition coefficient (Wildman–Crippen LogP) is 1.33. The minimum absolute atomic E-state index is 0.309. The summed E-state index contributed by atoms with van der Waals surface area (Å²) >= 11 is 1.51. The van der Waals surface area contributed by atoms with Crippen LogP contribution in [-0.4, -0.2) is 29.2 Å². The summed E-state index contributed by atoms with van der Waals surface area (Å²) in [5.41, 5.74) is 1.14. The number of fused-ring (bicyclic) bond motifs is 1. The van der Waals surface area contributed by atoms with Crippen LogP contribution in [0.2, 0.25) is 0 Å². The molecule has 116 valence electrons. The molecule has 5 nitrogen and oxygen atoms in total. The largest absolute Gasteiger partial charge is 0.548 e. The van der Waals surface area contributed by atoms with E-state index >= 15 is 0 Å². The van der Waals surface area contributed by atoms with E-state index in [0.29, 0.717) is 21.6 Å². The third kappa shape index (κ3) is 2.80. The van der Waals surface area contributed by atoms with Crippen molar-refractivity contribution in [2.75, 3.05) is 6.54 Å². The quantitative estimate of drug-likeness (QED) is 0.630. The first-order chi connectivity index (χ1) is 11.0. The first-order valence-electron chi connectivity index (χ1n) is 6.91. The van der Waals surface area contributed by atoms with E-state index in [0.717, 1.165) is 9.75 Å². The zero-order valence-electron chi connectivity index (χ0n) is 12.2. The van der Waals surface area contributed by atoms with Crippen molar-refractivity contribution < 1.29 is 19.5 Å². The molecule has 0 N–H and O–H groups in total. The highest BCUT2D eigenvalue weighted by molar-refractivity contribution is 7.12. The summed E-state index contributed by atoms with van der Waals surface area (Å²) in [6, 6.07) is 10.5. The minimum atomic E-state index is -1.47. The molecule has 23 heavy (non-hydrogen) atoms. The number of hydrogen-bond donors (Lipinski definition) is 0. The van der Waals surface area contributed by atoms with Crippen LogP contribution in [0, 0.1) is 6.92 Å². The number of aliphatic carboxylic acids is 1. The van der Waals surface area contributed by atoms with Crippen LogP contribution in [0.4, 0.5) is 0 Å². The molecule has 0 bridgehead atoms. The number of carbonyl (C=O) groups is 3. The van der Waals surface area contributed by atoms with Gasteiger partial charge >= 0.3 is 0 Å². The Morgan fingerprint density at radius 3 is 2.43 bits per heavy atom. The first kappa shape index (κ1) is 15.2. The molecule has 1 aliphatic heterocycles. The zero-order chi connectivity index (χ0) is 16.6. The number of benzene rings is 1. The number of aryl methyl sites for hydroxylation is 1. The van der Waals surface area contributed by atoms with Crippen LogP contribution < -0.4 is 5.11 Å². The standard InChI is InChI=1S/C17H13NO4S/c1-10-6-7-11(23-10)8-14-12-4-2-3-5-13(12)16(21)18(17(14)22)9-15(19)20/h2-8H,9H2,1H3,(H,19,20)/p-1/b14-8-. The zero-order valence-corrected chi connectivity index (χ0v) is 13.1. The monoisotopic (exact) mass is 326 g/mol. The molecule has 1 aromatic carbocycles. The van der Waals surface area contributed by atoms with Gasteiger partial charge in [0.05, 0.1) is 12.5 Å². The molecule has 0 radical (unpaired) electrons. The van der Waals surface area contributed by atoms with Crippen LogP contribution in [0.15, 0.2) is 36.4 Å². The van der Waals surface area contributed by atoms with Gasteiger partial charge in [-0.3, -0.25) is 14.5 Å². The molecule has 0 aliphatic carbocycles. The molecule has 3 rings (SSSR count). The minimum Gasteiger partial charge on any atom is -0.548 e.